The second kappa shape index (κ2) is 11.6. The highest BCUT2D eigenvalue weighted by Crippen LogP contribution is 2.09. The predicted molar refractivity (Wildman–Crippen MR) is 119 cm³/mol. The van der Waals surface area contributed by atoms with Crippen molar-refractivity contribution in [1.29, 1.82) is 0 Å². The number of benzene rings is 2. The summed E-state index contributed by atoms with van der Waals surface area (Å²) >= 11 is 0. The zero-order valence-corrected chi connectivity index (χ0v) is 17.2. The molecule has 9 heteroatoms. The molecule has 4 rings (SSSR count). The van der Waals surface area contributed by atoms with E-state index < -0.39 is 5.97 Å². The van der Waals surface area contributed by atoms with Crippen LogP contribution in [0.5, 0.6) is 0 Å². The van der Waals surface area contributed by atoms with Crippen molar-refractivity contribution in [3.63, 3.8) is 0 Å². The minimum absolute atomic E-state index is 0.116. The number of hydrogen-bond donors (Lipinski definition) is 5. The van der Waals surface area contributed by atoms with E-state index in [-0.39, 0.29) is 11.6 Å². The van der Waals surface area contributed by atoms with Gasteiger partial charge < -0.3 is 16.2 Å². The van der Waals surface area contributed by atoms with Gasteiger partial charge >= 0.3 is 5.97 Å². The number of carbonyl (C=O) groups excluding carboxylic acids is 1. The summed E-state index contributed by atoms with van der Waals surface area (Å²) in [7, 11) is 0. The number of hydrogen-bond acceptors (Lipinski definition) is 5. The highest BCUT2D eigenvalue weighted by molar-refractivity contribution is 6.02. The van der Waals surface area contributed by atoms with E-state index in [1.165, 1.54) is 17.8 Å². The highest BCUT2D eigenvalue weighted by Gasteiger charge is 2.06. The molecule has 0 bridgehead atoms. The fourth-order valence-electron chi connectivity index (χ4n) is 2.16. The number of nitrogens with two attached hydrogens (primary N) is 1. The van der Waals surface area contributed by atoms with Gasteiger partial charge in [0.1, 0.15) is 11.4 Å². The van der Waals surface area contributed by atoms with Gasteiger partial charge in [0, 0.05) is 23.8 Å². The lowest BCUT2D eigenvalue weighted by molar-refractivity contribution is 0.0690. The van der Waals surface area contributed by atoms with Crippen LogP contribution in [0.3, 0.4) is 0 Å². The van der Waals surface area contributed by atoms with Crippen LogP contribution < -0.4 is 11.1 Å². The van der Waals surface area contributed by atoms with Crippen molar-refractivity contribution in [2.45, 2.75) is 13.8 Å². The fourth-order valence-corrected chi connectivity index (χ4v) is 2.16. The number of rotatable bonds is 3. The SMILES string of the molecule is Cc1ccc(N)cc1.Cc1ccc(NC(=O)c2ccn[nH]2)cc1.O=C(O)c1ccn[nH]1. The van der Waals surface area contributed by atoms with E-state index in [9.17, 15) is 9.59 Å². The van der Waals surface area contributed by atoms with E-state index in [0.717, 1.165) is 16.9 Å². The molecule has 0 aliphatic heterocycles. The maximum Gasteiger partial charge on any atom is 0.353 e. The van der Waals surface area contributed by atoms with Crippen LogP contribution in [0.4, 0.5) is 11.4 Å². The number of nitrogen functional groups attached to an aromatic ring is 1. The summed E-state index contributed by atoms with van der Waals surface area (Å²) in [6, 6.07) is 18.4. The number of anilines is 2. The first-order chi connectivity index (χ1) is 14.8. The van der Waals surface area contributed by atoms with Crippen LogP contribution in [0, 0.1) is 13.8 Å². The van der Waals surface area contributed by atoms with Gasteiger partial charge in [0.05, 0.1) is 0 Å². The molecule has 0 atom stereocenters. The highest BCUT2D eigenvalue weighted by atomic mass is 16.4. The van der Waals surface area contributed by atoms with Gasteiger partial charge in [-0.15, -0.1) is 0 Å². The van der Waals surface area contributed by atoms with Gasteiger partial charge in [-0.2, -0.15) is 10.2 Å². The maximum atomic E-state index is 11.6. The summed E-state index contributed by atoms with van der Waals surface area (Å²) in [4.78, 5) is 21.6. The molecule has 0 unspecified atom stereocenters. The number of carbonyl (C=O) groups is 2. The lowest BCUT2D eigenvalue weighted by Crippen LogP contribution is -2.12. The molecule has 0 saturated carbocycles. The number of nitrogens with one attached hydrogen (secondary N) is 3. The number of aromatic nitrogens is 4. The monoisotopic (exact) mass is 420 g/mol. The van der Waals surface area contributed by atoms with Gasteiger partial charge in [-0.3, -0.25) is 15.0 Å². The van der Waals surface area contributed by atoms with Gasteiger partial charge in [0.2, 0.25) is 0 Å². The van der Waals surface area contributed by atoms with E-state index >= 15 is 0 Å². The Labute approximate surface area is 179 Å². The molecule has 0 radical (unpaired) electrons. The van der Waals surface area contributed by atoms with Crippen LogP contribution in [-0.4, -0.2) is 37.4 Å². The molecule has 0 aliphatic rings. The molecule has 160 valence electrons. The topological polar surface area (TPSA) is 150 Å². The first-order valence-corrected chi connectivity index (χ1v) is 9.27. The number of aromatic carboxylic acids is 1. The molecule has 0 aliphatic carbocycles. The quantitative estimate of drug-likeness (QED) is 0.319. The first kappa shape index (κ1) is 22.9. The standard InChI is InChI=1S/C11H11N3O.C7H9N.C4H4N2O2/c1-8-2-4-9(5-3-8)13-11(15)10-6-7-12-14-10;1-6-2-4-7(8)5-3-6;7-4(8)3-1-2-5-6-3/h2-7H,1H3,(H,12,14)(H,13,15);2-5H,8H2,1H3;1-2H,(H,5,6)(H,7,8). The van der Waals surface area contributed by atoms with Crippen molar-refractivity contribution < 1.29 is 14.7 Å². The van der Waals surface area contributed by atoms with Gasteiger partial charge in [-0.25, -0.2) is 4.79 Å². The minimum atomic E-state index is -0.984. The van der Waals surface area contributed by atoms with Crippen molar-refractivity contribution in [1.82, 2.24) is 20.4 Å². The average molecular weight is 420 g/mol. The minimum Gasteiger partial charge on any atom is -0.477 e. The van der Waals surface area contributed by atoms with Gasteiger partial charge in [-0.05, 0) is 50.2 Å². The Kier molecular flexibility index (Phi) is 8.54. The second-order valence-electron chi connectivity index (χ2n) is 6.48. The van der Waals surface area contributed by atoms with Crippen LogP contribution in [0.2, 0.25) is 0 Å². The molecule has 2 aromatic carbocycles. The molecule has 0 saturated heterocycles. The fraction of sp³-hybridized carbons (Fsp3) is 0.0909. The second-order valence-corrected chi connectivity index (χ2v) is 6.48. The summed E-state index contributed by atoms with van der Waals surface area (Å²) < 4.78 is 0. The number of aryl methyl sites for hydroxylation is 2. The Morgan fingerprint density at radius 3 is 1.68 bits per heavy atom. The molecular formula is C22H24N6O3. The molecule has 1 amide bonds. The van der Waals surface area contributed by atoms with E-state index in [2.05, 4.69) is 25.7 Å². The third-order valence-electron chi connectivity index (χ3n) is 3.86. The number of carboxylic acids is 1. The van der Waals surface area contributed by atoms with E-state index in [0.29, 0.717) is 5.69 Å². The third-order valence-corrected chi connectivity index (χ3v) is 3.86. The molecule has 2 heterocycles. The predicted octanol–water partition coefficient (Wildman–Crippen LogP) is 3.66. The normalized spacial score (nSPS) is 9.48. The van der Waals surface area contributed by atoms with Crippen molar-refractivity contribution >= 4 is 23.3 Å². The molecular weight excluding hydrogens is 396 g/mol. The molecule has 0 fully saturated rings. The number of aromatic amines is 2. The average Bonchev–Trinajstić information content (AvgIpc) is 3.47. The van der Waals surface area contributed by atoms with Crippen molar-refractivity contribution in [3.05, 3.63) is 95.6 Å². The zero-order chi connectivity index (χ0) is 22.6. The lowest BCUT2D eigenvalue weighted by atomic mass is 10.2. The molecule has 9 nitrogen and oxygen atoms in total. The van der Waals surface area contributed by atoms with Gasteiger partial charge in [0.25, 0.3) is 5.91 Å². The van der Waals surface area contributed by atoms with Crippen LogP contribution in [0.15, 0.2) is 73.1 Å². The largest absolute Gasteiger partial charge is 0.477 e. The van der Waals surface area contributed by atoms with E-state index in [1.54, 1.807) is 12.3 Å². The van der Waals surface area contributed by atoms with Gasteiger partial charge in [0.15, 0.2) is 0 Å². The third kappa shape index (κ3) is 8.24. The number of amides is 1. The van der Waals surface area contributed by atoms with Crippen molar-refractivity contribution in [3.8, 4) is 0 Å². The first-order valence-electron chi connectivity index (χ1n) is 9.27. The number of H-pyrrole nitrogens is 2. The number of carboxylic acid groups (broad SMARTS) is 1. The molecule has 6 N–H and O–H groups in total. The molecule has 4 aromatic rings. The number of nitrogens with zero attached hydrogens (tertiary/aromatic N) is 2. The van der Waals surface area contributed by atoms with Crippen molar-refractivity contribution in [2.24, 2.45) is 0 Å². The van der Waals surface area contributed by atoms with E-state index in [4.69, 9.17) is 10.8 Å². The van der Waals surface area contributed by atoms with Crippen molar-refractivity contribution in [2.75, 3.05) is 11.1 Å². The molecule has 0 spiro atoms. The Hall–Kier alpha value is -4.40. The summed E-state index contributed by atoms with van der Waals surface area (Å²) in [6.07, 6.45) is 2.94. The van der Waals surface area contributed by atoms with Gasteiger partial charge in [-0.1, -0.05) is 35.4 Å². The lowest BCUT2D eigenvalue weighted by Gasteiger charge is -2.03. The van der Waals surface area contributed by atoms with Crippen LogP contribution in [-0.2, 0) is 0 Å². The van der Waals surface area contributed by atoms with Crippen LogP contribution >= 0.6 is 0 Å². The molecule has 2 aromatic heterocycles. The summed E-state index contributed by atoms with van der Waals surface area (Å²) in [5.41, 5.74) is 10.0. The zero-order valence-electron chi connectivity index (χ0n) is 17.2. The van der Waals surface area contributed by atoms with Crippen LogP contribution in [0.1, 0.15) is 32.1 Å². The smallest absolute Gasteiger partial charge is 0.353 e. The Bertz CT molecular complexity index is 1040. The Morgan fingerprint density at radius 2 is 1.29 bits per heavy atom. The summed E-state index contributed by atoms with van der Waals surface area (Å²) in [5.74, 6) is -1.17. The summed E-state index contributed by atoms with van der Waals surface area (Å²) in [5, 5.41) is 23.0. The van der Waals surface area contributed by atoms with E-state index in [1.807, 2.05) is 62.4 Å². The Balaban J connectivity index is 0.000000181. The Morgan fingerprint density at radius 1 is 0.806 bits per heavy atom. The van der Waals surface area contributed by atoms with Crippen LogP contribution in [0.25, 0.3) is 0 Å². The molecule has 31 heavy (non-hydrogen) atoms. The maximum absolute atomic E-state index is 11.6. The summed E-state index contributed by atoms with van der Waals surface area (Å²) in [6.45, 7) is 4.04.